The van der Waals surface area contributed by atoms with Crippen molar-refractivity contribution in [3.8, 4) is 12.1 Å². The van der Waals surface area contributed by atoms with E-state index in [1.165, 1.54) is 0 Å². The van der Waals surface area contributed by atoms with Crippen molar-refractivity contribution < 1.29 is 0 Å². The lowest BCUT2D eigenvalue weighted by atomic mass is 10.1. The molecule has 0 aromatic rings. The van der Waals surface area contributed by atoms with Crippen LogP contribution in [0.25, 0.3) is 0 Å². The predicted molar refractivity (Wildman–Crippen MR) is 36.6 cm³/mol. The summed E-state index contributed by atoms with van der Waals surface area (Å²) in [6.07, 6.45) is 5.50. The van der Waals surface area contributed by atoms with Gasteiger partial charge in [-0.05, 0) is 18.4 Å². The van der Waals surface area contributed by atoms with Gasteiger partial charge in [-0.15, -0.1) is 0 Å². The molecule has 1 aliphatic rings. The summed E-state index contributed by atoms with van der Waals surface area (Å²) < 4.78 is 0. The van der Waals surface area contributed by atoms with E-state index >= 15 is 0 Å². The molecule has 1 aliphatic carbocycles. The summed E-state index contributed by atoms with van der Waals surface area (Å²) in [6, 6.07) is 3.74. The molecule has 0 heterocycles. The van der Waals surface area contributed by atoms with E-state index in [-0.39, 0.29) is 5.57 Å². The third kappa shape index (κ3) is 1.06. The molecule has 0 amide bonds. The Morgan fingerprint density at radius 1 is 1.20 bits per heavy atom. The van der Waals surface area contributed by atoms with Crippen LogP contribution in [-0.4, -0.2) is 0 Å². The second kappa shape index (κ2) is 2.85. The van der Waals surface area contributed by atoms with Crippen molar-refractivity contribution in [1.29, 1.82) is 10.5 Å². The highest BCUT2D eigenvalue weighted by Crippen LogP contribution is 2.19. The Bertz CT molecular complexity index is 245. The van der Waals surface area contributed by atoms with E-state index in [2.05, 4.69) is 0 Å². The molecule has 0 fully saturated rings. The second-order valence-corrected chi connectivity index (χ2v) is 2.08. The molecule has 0 unspecified atom stereocenters. The van der Waals surface area contributed by atoms with E-state index in [1.54, 1.807) is 0 Å². The Kier molecular flexibility index (Phi) is 1.87. The average Bonchev–Trinajstić information content (AvgIpc) is 2.43. The second-order valence-electron chi connectivity index (χ2n) is 2.08. The van der Waals surface area contributed by atoms with Crippen molar-refractivity contribution in [1.82, 2.24) is 0 Å². The fraction of sp³-hybridized carbons (Fsp3) is 0.250. The third-order valence-electron chi connectivity index (χ3n) is 1.47. The molecule has 0 bridgehead atoms. The minimum absolute atomic E-state index is 0.282. The normalized spacial score (nSPS) is 14.4. The maximum Gasteiger partial charge on any atom is 0.129 e. The minimum Gasteiger partial charge on any atom is -0.192 e. The van der Waals surface area contributed by atoms with Gasteiger partial charge in [0.2, 0.25) is 0 Å². The monoisotopic (exact) mass is 130 g/mol. The van der Waals surface area contributed by atoms with E-state index in [1.807, 2.05) is 24.3 Å². The quantitative estimate of drug-likeness (QED) is 0.370. The van der Waals surface area contributed by atoms with Gasteiger partial charge >= 0.3 is 0 Å². The highest BCUT2D eigenvalue weighted by molar-refractivity contribution is 5.43. The highest BCUT2D eigenvalue weighted by atomic mass is 14.3. The minimum atomic E-state index is 0.282. The zero-order valence-electron chi connectivity index (χ0n) is 5.46. The van der Waals surface area contributed by atoms with Crippen molar-refractivity contribution in [3.63, 3.8) is 0 Å². The standard InChI is InChI=1S/C8H6N2/c9-5-8(6-10)7-3-1-2-4-7/h1-2H,3-4H2. The Morgan fingerprint density at radius 3 is 2.10 bits per heavy atom. The van der Waals surface area contributed by atoms with Crippen molar-refractivity contribution in [2.75, 3.05) is 0 Å². The first kappa shape index (κ1) is 6.58. The topological polar surface area (TPSA) is 47.6 Å². The molecule has 2 nitrogen and oxygen atoms in total. The number of allylic oxidation sites excluding steroid dienone is 4. The Hall–Kier alpha value is -1.54. The third-order valence-corrected chi connectivity index (χ3v) is 1.47. The van der Waals surface area contributed by atoms with Crippen molar-refractivity contribution >= 4 is 0 Å². The van der Waals surface area contributed by atoms with Crippen LogP contribution in [0.2, 0.25) is 0 Å². The van der Waals surface area contributed by atoms with Gasteiger partial charge in [0.1, 0.15) is 17.7 Å². The van der Waals surface area contributed by atoms with E-state index in [0.717, 1.165) is 18.4 Å². The summed E-state index contributed by atoms with van der Waals surface area (Å²) in [6.45, 7) is 0. The maximum absolute atomic E-state index is 8.43. The Balaban J connectivity index is 2.88. The van der Waals surface area contributed by atoms with Crippen LogP contribution < -0.4 is 0 Å². The van der Waals surface area contributed by atoms with Crippen LogP contribution in [0.5, 0.6) is 0 Å². The lowest BCUT2D eigenvalue weighted by Gasteiger charge is -1.90. The molecule has 1 rings (SSSR count). The van der Waals surface area contributed by atoms with E-state index in [9.17, 15) is 0 Å². The van der Waals surface area contributed by atoms with Crippen molar-refractivity contribution in [3.05, 3.63) is 23.3 Å². The summed E-state index contributed by atoms with van der Waals surface area (Å²) >= 11 is 0. The summed E-state index contributed by atoms with van der Waals surface area (Å²) in [7, 11) is 0. The van der Waals surface area contributed by atoms with Crippen molar-refractivity contribution in [2.24, 2.45) is 0 Å². The molecule has 0 radical (unpaired) electrons. The molecule has 2 heteroatoms. The number of rotatable bonds is 0. The molecule has 0 saturated carbocycles. The summed E-state index contributed by atoms with van der Waals surface area (Å²) in [5, 5.41) is 16.9. The molecule has 0 atom stereocenters. The van der Waals surface area contributed by atoms with E-state index < -0.39 is 0 Å². The number of hydrogen-bond acceptors (Lipinski definition) is 2. The zero-order valence-corrected chi connectivity index (χ0v) is 5.46. The van der Waals surface area contributed by atoms with Crippen LogP contribution >= 0.6 is 0 Å². The smallest absolute Gasteiger partial charge is 0.129 e. The molecule has 0 aliphatic heterocycles. The summed E-state index contributed by atoms with van der Waals surface area (Å²) in [5.74, 6) is 0. The van der Waals surface area contributed by atoms with Gasteiger partial charge in [0, 0.05) is 0 Å². The maximum atomic E-state index is 8.43. The first-order valence-corrected chi connectivity index (χ1v) is 3.05. The van der Waals surface area contributed by atoms with Gasteiger partial charge in [0.15, 0.2) is 0 Å². The molecule has 10 heavy (non-hydrogen) atoms. The average molecular weight is 130 g/mol. The zero-order chi connectivity index (χ0) is 7.40. The molecule has 48 valence electrons. The molecular weight excluding hydrogens is 124 g/mol. The van der Waals surface area contributed by atoms with Crippen LogP contribution in [0.15, 0.2) is 23.3 Å². The number of nitriles is 2. The van der Waals surface area contributed by atoms with Gasteiger partial charge < -0.3 is 0 Å². The van der Waals surface area contributed by atoms with E-state index in [4.69, 9.17) is 10.5 Å². The van der Waals surface area contributed by atoms with Crippen LogP contribution in [0.3, 0.4) is 0 Å². The van der Waals surface area contributed by atoms with Crippen molar-refractivity contribution in [2.45, 2.75) is 12.8 Å². The lowest BCUT2D eigenvalue weighted by Crippen LogP contribution is -1.80. The fourth-order valence-corrected chi connectivity index (χ4v) is 0.922. The summed E-state index contributed by atoms with van der Waals surface area (Å²) in [5.41, 5.74) is 1.23. The van der Waals surface area contributed by atoms with Gasteiger partial charge in [0.05, 0.1) is 0 Å². The van der Waals surface area contributed by atoms with Crippen LogP contribution in [-0.2, 0) is 0 Å². The molecule has 0 spiro atoms. The predicted octanol–water partition coefficient (Wildman–Crippen LogP) is 1.68. The van der Waals surface area contributed by atoms with Gasteiger partial charge in [-0.1, -0.05) is 12.2 Å². The first-order valence-electron chi connectivity index (χ1n) is 3.05. The van der Waals surface area contributed by atoms with E-state index in [0.29, 0.717) is 0 Å². The molecular formula is C8H6N2. The van der Waals surface area contributed by atoms with Crippen LogP contribution in [0.1, 0.15) is 12.8 Å². The van der Waals surface area contributed by atoms with Crippen LogP contribution in [0.4, 0.5) is 0 Å². The van der Waals surface area contributed by atoms with Gasteiger partial charge in [-0.2, -0.15) is 10.5 Å². The van der Waals surface area contributed by atoms with Crippen LogP contribution in [0, 0.1) is 22.7 Å². The lowest BCUT2D eigenvalue weighted by molar-refractivity contribution is 1.17. The largest absolute Gasteiger partial charge is 0.192 e. The molecule has 0 aromatic heterocycles. The molecule has 0 N–H and O–H groups in total. The Morgan fingerprint density at radius 2 is 1.70 bits per heavy atom. The highest BCUT2D eigenvalue weighted by Gasteiger charge is 2.06. The fourth-order valence-electron chi connectivity index (χ4n) is 0.922. The van der Waals surface area contributed by atoms with Gasteiger partial charge in [0.25, 0.3) is 0 Å². The SMILES string of the molecule is N#CC(C#N)=C1CC=CC1. The number of nitrogens with zero attached hydrogens (tertiary/aromatic N) is 2. The summed E-state index contributed by atoms with van der Waals surface area (Å²) in [4.78, 5) is 0. The first-order chi connectivity index (χ1) is 4.88. The molecule has 0 aromatic carbocycles. The number of hydrogen-bond donors (Lipinski definition) is 0. The van der Waals surface area contributed by atoms with Gasteiger partial charge in [-0.3, -0.25) is 0 Å². The Labute approximate surface area is 59.7 Å². The molecule has 0 saturated heterocycles. The van der Waals surface area contributed by atoms with Gasteiger partial charge in [-0.25, -0.2) is 0 Å².